The monoisotopic (exact) mass is 290 g/mol. The molecule has 0 amide bonds. The van der Waals surface area contributed by atoms with Gasteiger partial charge in [-0.3, -0.25) is 4.90 Å². The molecular weight excluding hydrogens is 264 g/mol. The van der Waals surface area contributed by atoms with Gasteiger partial charge in [0.25, 0.3) is 0 Å². The van der Waals surface area contributed by atoms with Crippen LogP contribution in [0.5, 0.6) is 0 Å². The number of likely N-dealkylation sites (N-methyl/N-ethyl adjacent to an activating group) is 1. The lowest BCUT2D eigenvalue weighted by Crippen LogP contribution is -2.41. The van der Waals surface area contributed by atoms with Crippen LogP contribution >= 0.6 is 0 Å². The van der Waals surface area contributed by atoms with E-state index in [4.69, 9.17) is 10.9 Å². The van der Waals surface area contributed by atoms with Gasteiger partial charge in [-0.25, -0.2) is 0 Å². The van der Waals surface area contributed by atoms with Gasteiger partial charge in [-0.2, -0.15) is 0 Å². The Kier molecular flexibility index (Phi) is 5.59. The number of benzene rings is 1. The number of amidine groups is 1. The summed E-state index contributed by atoms with van der Waals surface area (Å²) in [4.78, 5) is 2.42. The highest BCUT2D eigenvalue weighted by Gasteiger charge is 2.29. The number of rotatable bonds is 8. The minimum atomic E-state index is -0.102. The molecule has 0 saturated heterocycles. The van der Waals surface area contributed by atoms with E-state index in [-0.39, 0.29) is 11.8 Å². The number of oxime groups is 1. The minimum Gasteiger partial charge on any atom is -0.409 e. The number of nitrogens with two attached hydrogens (primary N) is 1. The van der Waals surface area contributed by atoms with E-state index in [0.29, 0.717) is 12.6 Å². The Balaban J connectivity index is 1.87. The van der Waals surface area contributed by atoms with E-state index < -0.39 is 0 Å². The van der Waals surface area contributed by atoms with Gasteiger partial charge in [0, 0.05) is 25.2 Å². The van der Waals surface area contributed by atoms with Crippen molar-refractivity contribution in [1.82, 2.24) is 10.2 Å². The van der Waals surface area contributed by atoms with Crippen molar-refractivity contribution in [2.75, 3.05) is 20.1 Å². The van der Waals surface area contributed by atoms with Crippen molar-refractivity contribution in [3.63, 3.8) is 0 Å². The molecule has 1 aromatic carbocycles. The zero-order valence-electron chi connectivity index (χ0n) is 12.9. The Morgan fingerprint density at radius 2 is 2.05 bits per heavy atom. The molecule has 5 nitrogen and oxygen atoms in total. The lowest BCUT2D eigenvalue weighted by Gasteiger charge is -2.26. The molecule has 116 valence electrons. The summed E-state index contributed by atoms with van der Waals surface area (Å²) in [5, 5.41) is 15.6. The summed E-state index contributed by atoms with van der Waals surface area (Å²) in [6.45, 7) is 3.80. The summed E-state index contributed by atoms with van der Waals surface area (Å²) in [6.07, 6.45) is 2.63. The molecular formula is C16H26N4O. The SMILES string of the molecule is CC(CNCC(/C(N)=N/O)c1ccccc1)N(C)C1CC1. The Morgan fingerprint density at radius 1 is 1.38 bits per heavy atom. The van der Waals surface area contributed by atoms with Gasteiger partial charge in [0.05, 0.1) is 5.92 Å². The van der Waals surface area contributed by atoms with E-state index in [2.05, 4.69) is 29.3 Å². The van der Waals surface area contributed by atoms with Crippen LogP contribution in [-0.4, -0.2) is 48.2 Å². The summed E-state index contributed by atoms with van der Waals surface area (Å²) in [5.41, 5.74) is 6.89. The van der Waals surface area contributed by atoms with Crippen molar-refractivity contribution < 1.29 is 5.21 Å². The van der Waals surface area contributed by atoms with Crippen LogP contribution in [0, 0.1) is 0 Å². The van der Waals surface area contributed by atoms with Crippen LogP contribution in [0.25, 0.3) is 0 Å². The summed E-state index contributed by atoms with van der Waals surface area (Å²) in [5.74, 6) is 0.145. The molecule has 21 heavy (non-hydrogen) atoms. The second-order valence-electron chi connectivity index (χ2n) is 5.89. The fraction of sp³-hybridized carbons (Fsp3) is 0.562. The van der Waals surface area contributed by atoms with Crippen LogP contribution in [-0.2, 0) is 0 Å². The van der Waals surface area contributed by atoms with Crippen molar-refractivity contribution in [2.24, 2.45) is 10.9 Å². The molecule has 1 aliphatic carbocycles. The third-order valence-corrected chi connectivity index (χ3v) is 4.28. The third kappa shape index (κ3) is 4.44. The predicted octanol–water partition coefficient (Wildman–Crippen LogP) is 1.59. The van der Waals surface area contributed by atoms with Crippen molar-refractivity contribution in [1.29, 1.82) is 0 Å². The van der Waals surface area contributed by atoms with Crippen molar-refractivity contribution in [3.8, 4) is 0 Å². The maximum absolute atomic E-state index is 8.97. The van der Waals surface area contributed by atoms with Gasteiger partial charge in [-0.1, -0.05) is 35.5 Å². The maximum atomic E-state index is 8.97. The minimum absolute atomic E-state index is 0.102. The van der Waals surface area contributed by atoms with Crippen LogP contribution in [0.15, 0.2) is 35.5 Å². The molecule has 0 aromatic heterocycles. The number of hydrogen-bond donors (Lipinski definition) is 3. The summed E-state index contributed by atoms with van der Waals surface area (Å²) < 4.78 is 0. The second-order valence-corrected chi connectivity index (χ2v) is 5.89. The number of nitrogens with zero attached hydrogens (tertiary/aromatic N) is 2. The molecule has 0 bridgehead atoms. The molecule has 1 aliphatic rings. The summed E-state index contributed by atoms with van der Waals surface area (Å²) >= 11 is 0. The highest BCUT2D eigenvalue weighted by atomic mass is 16.4. The summed E-state index contributed by atoms with van der Waals surface area (Å²) in [6, 6.07) is 11.2. The first kappa shape index (κ1) is 15.8. The fourth-order valence-electron chi connectivity index (χ4n) is 2.57. The predicted molar refractivity (Wildman–Crippen MR) is 85.7 cm³/mol. The molecule has 4 N–H and O–H groups in total. The number of hydrogen-bond acceptors (Lipinski definition) is 4. The lowest BCUT2D eigenvalue weighted by atomic mass is 9.98. The van der Waals surface area contributed by atoms with E-state index in [9.17, 15) is 0 Å². The zero-order valence-corrected chi connectivity index (χ0v) is 12.9. The topological polar surface area (TPSA) is 73.9 Å². The van der Waals surface area contributed by atoms with E-state index in [1.54, 1.807) is 0 Å². The Morgan fingerprint density at radius 3 is 2.62 bits per heavy atom. The van der Waals surface area contributed by atoms with Gasteiger partial charge in [0.1, 0.15) is 5.84 Å². The average Bonchev–Trinajstić information content (AvgIpc) is 3.35. The molecule has 0 aliphatic heterocycles. The Labute approximate surface area is 126 Å². The molecule has 1 saturated carbocycles. The van der Waals surface area contributed by atoms with E-state index in [1.807, 2.05) is 30.3 Å². The molecule has 5 heteroatoms. The maximum Gasteiger partial charge on any atom is 0.147 e. The Bertz CT molecular complexity index is 459. The third-order valence-electron chi connectivity index (χ3n) is 4.28. The van der Waals surface area contributed by atoms with Crippen molar-refractivity contribution in [3.05, 3.63) is 35.9 Å². The second kappa shape index (κ2) is 7.43. The van der Waals surface area contributed by atoms with Crippen molar-refractivity contribution >= 4 is 5.84 Å². The van der Waals surface area contributed by atoms with Crippen LogP contribution in [0.2, 0.25) is 0 Å². The first-order valence-electron chi connectivity index (χ1n) is 7.58. The van der Waals surface area contributed by atoms with Crippen LogP contribution in [0.1, 0.15) is 31.2 Å². The van der Waals surface area contributed by atoms with Gasteiger partial charge in [0.2, 0.25) is 0 Å². The Hall–Kier alpha value is -1.59. The first-order chi connectivity index (χ1) is 10.1. The van der Waals surface area contributed by atoms with Crippen LogP contribution in [0.4, 0.5) is 0 Å². The van der Waals surface area contributed by atoms with Gasteiger partial charge in [-0.15, -0.1) is 0 Å². The highest BCUT2D eigenvalue weighted by molar-refractivity contribution is 5.87. The van der Waals surface area contributed by atoms with Gasteiger partial charge >= 0.3 is 0 Å². The smallest absolute Gasteiger partial charge is 0.147 e. The fourth-order valence-corrected chi connectivity index (χ4v) is 2.57. The quantitative estimate of drug-likeness (QED) is 0.294. The van der Waals surface area contributed by atoms with E-state index >= 15 is 0 Å². The largest absolute Gasteiger partial charge is 0.409 e. The molecule has 0 radical (unpaired) electrons. The molecule has 1 aromatic rings. The molecule has 0 heterocycles. The molecule has 2 atom stereocenters. The molecule has 2 rings (SSSR count). The van der Waals surface area contributed by atoms with Gasteiger partial charge in [0.15, 0.2) is 0 Å². The average molecular weight is 290 g/mol. The van der Waals surface area contributed by atoms with Gasteiger partial charge in [-0.05, 0) is 32.4 Å². The van der Waals surface area contributed by atoms with Crippen LogP contribution in [0.3, 0.4) is 0 Å². The first-order valence-corrected chi connectivity index (χ1v) is 7.58. The molecule has 2 unspecified atom stereocenters. The highest BCUT2D eigenvalue weighted by Crippen LogP contribution is 2.26. The lowest BCUT2D eigenvalue weighted by molar-refractivity contribution is 0.241. The zero-order chi connectivity index (χ0) is 15.2. The molecule has 0 spiro atoms. The van der Waals surface area contributed by atoms with E-state index in [1.165, 1.54) is 12.8 Å². The van der Waals surface area contributed by atoms with E-state index in [0.717, 1.165) is 18.2 Å². The normalized spacial score (nSPS) is 18.7. The van der Waals surface area contributed by atoms with Gasteiger partial charge < -0.3 is 16.3 Å². The standard InChI is InChI=1S/C16H26N4O/c1-12(20(2)14-8-9-14)10-18-11-15(16(17)19-21)13-6-4-3-5-7-13/h3-7,12,14-15,18,21H,8-11H2,1-2H3,(H2,17,19). The number of nitrogens with one attached hydrogen (secondary N) is 1. The molecule has 1 fully saturated rings. The van der Waals surface area contributed by atoms with Crippen molar-refractivity contribution in [2.45, 2.75) is 37.8 Å². The summed E-state index contributed by atoms with van der Waals surface area (Å²) in [7, 11) is 2.18. The van der Waals surface area contributed by atoms with Crippen LogP contribution < -0.4 is 11.1 Å².